The van der Waals surface area contributed by atoms with E-state index in [1.54, 1.807) is 18.3 Å². The van der Waals surface area contributed by atoms with Crippen molar-refractivity contribution >= 4 is 29.1 Å². The summed E-state index contributed by atoms with van der Waals surface area (Å²) in [5.41, 5.74) is 0.755. The second-order valence-electron chi connectivity index (χ2n) is 9.63. The van der Waals surface area contributed by atoms with E-state index < -0.39 is 0 Å². The normalized spacial score (nSPS) is 30.1. The molecule has 7 heteroatoms. The first-order valence-corrected chi connectivity index (χ1v) is 12.1. The van der Waals surface area contributed by atoms with Crippen LogP contribution < -0.4 is 10.6 Å². The fourth-order valence-corrected chi connectivity index (χ4v) is 6.29. The SMILES string of the molecule is O=C(NCCCCN1CCCC1)[C@H]1[C@H](C(=O)Nc2ccc(Cl)nc2)[C@@H]2C=C[C@H]1C21CC1. The Morgan fingerprint density at radius 1 is 1.06 bits per heavy atom. The third kappa shape index (κ3) is 4.00. The van der Waals surface area contributed by atoms with Crippen LogP contribution in [0.3, 0.4) is 0 Å². The van der Waals surface area contributed by atoms with Crippen molar-refractivity contribution in [1.82, 2.24) is 15.2 Å². The molecule has 2 amide bonds. The van der Waals surface area contributed by atoms with Gasteiger partial charge in [0.1, 0.15) is 5.15 Å². The summed E-state index contributed by atoms with van der Waals surface area (Å²) in [6, 6.07) is 3.41. The lowest BCUT2D eigenvalue weighted by Gasteiger charge is -2.26. The second-order valence-corrected chi connectivity index (χ2v) is 10.0. The van der Waals surface area contributed by atoms with Gasteiger partial charge in [-0.05, 0) is 87.5 Å². The van der Waals surface area contributed by atoms with Gasteiger partial charge in [0, 0.05) is 6.54 Å². The van der Waals surface area contributed by atoms with Crippen LogP contribution >= 0.6 is 11.6 Å². The van der Waals surface area contributed by atoms with Gasteiger partial charge in [0.05, 0.1) is 23.7 Å². The van der Waals surface area contributed by atoms with E-state index in [0.29, 0.717) is 17.4 Å². The standard InChI is InChI=1S/C24H31ClN4O2/c25-19-8-5-16(15-27-19)28-23(31)21-18-7-6-17(24(18)9-10-24)20(21)22(30)26-11-1-2-12-29-13-3-4-14-29/h5-8,15,17-18,20-21H,1-4,9-14H2,(H,26,30)(H,28,31)/t17-,18+,20-,21-/m1/s1. The lowest BCUT2D eigenvalue weighted by atomic mass is 9.81. The molecular weight excluding hydrogens is 412 g/mol. The van der Waals surface area contributed by atoms with Crippen molar-refractivity contribution in [2.24, 2.45) is 29.1 Å². The van der Waals surface area contributed by atoms with Crippen molar-refractivity contribution in [1.29, 1.82) is 0 Å². The van der Waals surface area contributed by atoms with E-state index in [1.807, 2.05) is 0 Å². The zero-order valence-corrected chi connectivity index (χ0v) is 18.6. The largest absolute Gasteiger partial charge is 0.356 e. The van der Waals surface area contributed by atoms with Gasteiger partial charge in [-0.1, -0.05) is 23.8 Å². The summed E-state index contributed by atoms with van der Waals surface area (Å²) in [6.07, 6.45) is 12.9. The maximum atomic E-state index is 13.3. The fraction of sp³-hybridized carbons (Fsp3) is 0.625. The van der Waals surface area contributed by atoms with Gasteiger partial charge in [0.25, 0.3) is 0 Å². The van der Waals surface area contributed by atoms with Crippen molar-refractivity contribution in [3.05, 3.63) is 35.6 Å². The number of amides is 2. The number of hydrogen-bond donors (Lipinski definition) is 2. The van der Waals surface area contributed by atoms with E-state index in [9.17, 15) is 9.59 Å². The number of likely N-dealkylation sites (tertiary alicyclic amines) is 1. The van der Waals surface area contributed by atoms with Gasteiger partial charge >= 0.3 is 0 Å². The van der Waals surface area contributed by atoms with E-state index in [-0.39, 0.29) is 40.9 Å². The molecule has 5 rings (SSSR count). The molecular formula is C24H31ClN4O2. The molecule has 2 N–H and O–H groups in total. The molecule has 1 saturated heterocycles. The smallest absolute Gasteiger partial charge is 0.228 e. The highest BCUT2D eigenvalue weighted by molar-refractivity contribution is 6.29. The van der Waals surface area contributed by atoms with Crippen LogP contribution in [0, 0.1) is 29.1 Å². The van der Waals surface area contributed by atoms with Gasteiger partial charge in [-0.2, -0.15) is 0 Å². The second kappa shape index (κ2) is 8.55. The number of aromatic nitrogens is 1. The fourth-order valence-electron chi connectivity index (χ4n) is 6.18. The topological polar surface area (TPSA) is 74.3 Å². The van der Waals surface area contributed by atoms with E-state index in [1.165, 1.54) is 25.9 Å². The van der Waals surface area contributed by atoms with Crippen LogP contribution in [0.2, 0.25) is 5.15 Å². The number of carbonyl (C=O) groups is 2. The summed E-state index contributed by atoms with van der Waals surface area (Å²) in [5.74, 6) is -0.306. The number of pyridine rings is 1. The molecule has 3 aliphatic carbocycles. The molecule has 1 aromatic heterocycles. The first-order chi connectivity index (χ1) is 15.1. The van der Waals surface area contributed by atoms with Crippen LogP contribution in [0.25, 0.3) is 0 Å². The minimum atomic E-state index is -0.322. The van der Waals surface area contributed by atoms with E-state index in [2.05, 4.69) is 32.7 Å². The van der Waals surface area contributed by atoms with E-state index in [0.717, 1.165) is 32.2 Å². The molecule has 3 fully saturated rings. The number of nitrogens with one attached hydrogen (secondary N) is 2. The van der Waals surface area contributed by atoms with Gasteiger partial charge < -0.3 is 15.5 Å². The van der Waals surface area contributed by atoms with Crippen molar-refractivity contribution in [2.75, 3.05) is 31.5 Å². The van der Waals surface area contributed by atoms with Gasteiger partial charge in [-0.25, -0.2) is 4.98 Å². The first kappa shape index (κ1) is 21.0. The lowest BCUT2D eigenvalue weighted by molar-refractivity contribution is -0.132. The molecule has 0 radical (unpaired) electrons. The molecule has 2 saturated carbocycles. The van der Waals surface area contributed by atoms with Crippen LogP contribution in [0.4, 0.5) is 5.69 Å². The van der Waals surface area contributed by atoms with Crippen molar-refractivity contribution in [3.8, 4) is 0 Å². The van der Waals surface area contributed by atoms with Crippen LogP contribution in [-0.4, -0.2) is 47.9 Å². The number of rotatable bonds is 8. The quantitative estimate of drug-likeness (QED) is 0.367. The molecule has 166 valence electrons. The molecule has 0 aromatic carbocycles. The zero-order valence-electron chi connectivity index (χ0n) is 17.9. The lowest BCUT2D eigenvalue weighted by Crippen LogP contribution is -2.42. The Balaban J connectivity index is 1.20. The Hall–Kier alpha value is -1.92. The highest BCUT2D eigenvalue weighted by Gasteiger charge is 2.69. The van der Waals surface area contributed by atoms with Gasteiger partial charge in [-0.15, -0.1) is 0 Å². The number of allylic oxidation sites excluding steroid dienone is 2. The molecule has 6 nitrogen and oxygen atoms in total. The molecule has 1 aromatic rings. The Kier molecular flexibility index (Phi) is 5.78. The molecule has 4 aliphatic rings. The molecule has 1 spiro atoms. The summed E-state index contributed by atoms with van der Waals surface area (Å²) in [7, 11) is 0. The van der Waals surface area contributed by atoms with Crippen molar-refractivity contribution in [3.63, 3.8) is 0 Å². The first-order valence-electron chi connectivity index (χ1n) is 11.7. The summed E-state index contributed by atoms with van der Waals surface area (Å²) < 4.78 is 0. The van der Waals surface area contributed by atoms with Crippen LogP contribution in [-0.2, 0) is 9.59 Å². The highest BCUT2D eigenvalue weighted by atomic mass is 35.5. The van der Waals surface area contributed by atoms with Gasteiger partial charge in [-0.3, -0.25) is 9.59 Å². The van der Waals surface area contributed by atoms with Crippen LogP contribution in [0.15, 0.2) is 30.5 Å². The summed E-state index contributed by atoms with van der Waals surface area (Å²) in [6.45, 7) is 4.24. The molecule has 2 bridgehead atoms. The average Bonchev–Trinajstić information content (AvgIpc) is 3.12. The molecule has 4 atom stereocenters. The summed E-state index contributed by atoms with van der Waals surface area (Å²) in [4.78, 5) is 33.0. The minimum absolute atomic E-state index is 0.0404. The third-order valence-corrected chi connectivity index (χ3v) is 8.06. The Morgan fingerprint density at radius 2 is 1.77 bits per heavy atom. The molecule has 2 heterocycles. The highest BCUT2D eigenvalue weighted by Crippen LogP contribution is 2.72. The summed E-state index contributed by atoms with van der Waals surface area (Å²) in [5, 5.41) is 6.52. The van der Waals surface area contributed by atoms with Crippen LogP contribution in [0.1, 0.15) is 38.5 Å². The van der Waals surface area contributed by atoms with Crippen molar-refractivity contribution < 1.29 is 9.59 Å². The summed E-state index contributed by atoms with van der Waals surface area (Å²) >= 11 is 5.86. The van der Waals surface area contributed by atoms with Crippen molar-refractivity contribution in [2.45, 2.75) is 38.5 Å². The Labute approximate surface area is 188 Å². The number of unbranched alkanes of at least 4 members (excludes halogenated alkanes) is 1. The average molecular weight is 443 g/mol. The van der Waals surface area contributed by atoms with E-state index in [4.69, 9.17) is 11.6 Å². The number of nitrogens with zero attached hydrogens (tertiary/aromatic N) is 2. The zero-order chi connectivity index (χ0) is 21.4. The van der Waals surface area contributed by atoms with Gasteiger partial charge in [0.15, 0.2) is 0 Å². The van der Waals surface area contributed by atoms with Gasteiger partial charge in [0.2, 0.25) is 11.8 Å². The predicted octanol–water partition coefficient (Wildman–Crippen LogP) is 3.49. The number of hydrogen-bond acceptors (Lipinski definition) is 4. The maximum Gasteiger partial charge on any atom is 0.228 e. The monoisotopic (exact) mass is 442 g/mol. The molecule has 31 heavy (non-hydrogen) atoms. The third-order valence-electron chi connectivity index (χ3n) is 7.84. The molecule has 0 unspecified atom stereocenters. The number of carbonyl (C=O) groups excluding carboxylic acids is 2. The maximum absolute atomic E-state index is 13.3. The Morgan fingerprint density at radius 3 is 2.42 bits per heavy atom. The number of halogens is 1. The molecule has 1 aliphatic heterocycles. The Bertz CT molecular complexity index is 861. The van der Waals surface area contributed by atoms with Crippen LogP contribution in [0.5, 0.6) is 0 Å². The predicted molar refractivity (Wildman–Crippen MR) is 121 cm³/mol. The number of anilines is 1. The van der Waals surface area contributed by atoms with E-state index >= 15 is 0 Å². The minimum Gasteiger partial charge on any atom is -0.356 e.